The third-order valence-corrected chi connectivity index (χ3v) is 6.24. The summed E-state index contributed by atoms with van der Waals surface area (Å²) in [6.45, 7) is 5.01. The Morgan fingerprint density at radius 1 is 1.39 bits per heavy atom. The number of hydrogen-bond acceptors (Lipinski definition) is 3. The van der Waals surface area contributed by atoms with Crippen molar-refractivity contribution < 1.29 is 14.3 Å². The summed E-state index contributed by atoms with van der Waals surface area (Å²) in [5, 5.41) is 4.15. The first kappa shape index (κ1) is 17.5. The number of aromatic nitrogens is 1. The fraction of sp³-hybridized carbons (Fsp3) is 0.455. The molecule has 2 fully saturated rings. The van der Waals surface area contributed by atoms with Crippen LogP contribution >= 0.6 is 0 Å². The zero-order valence-electron chi connectivity index (χ0n) is 16.1. The average molecular weight is 379 g/mol. The molecule has 0 unspecified atom stereocenters. The lowest BCUT2D eigenvalue weighted by atomic mass is 9.76. The number of rotatable bonds is 5. The summed E-state index contributed by atoms with van der Waals surface area (Å²) in [4.78, 5) is 31.1. The maximum Gasteiger partial charge on any atom is 0.230 e. The SMILES string of the molecule is CC(C)NC(=O)[C@@H]1[C@@H]2C=C[C@@]3(CN(CCc4c[nH]c5ccccc45)C(=O)[C@H]13)O2. The van der Waals surface area contributed by atoms with Gasteiger partial charge in [-0.2, -0.15) is 0 Å². The highest BCUT2D eigenvalue weighted by Crippen LogP contribution is 2.51. The molecular formula is C22H25N3O3. The van der Waals surface area contributed by atoms with Gasteiger partial charge in [0.1, 0.15) is 5.60 Å². The Balaban J connectivity index is 1.34. The van der Waals surface area contributed by atoms with Gasteiger partial charge in [-0.05, 0) is 31.9 Å². The lowest BCUT2D eigenvalue weighted by Crippen LogP contribution is -2.45. The first-order chi connectivity index (χ1) is 13.5. The summed E-state index contributed by atoms with van der Waals surface area (Å²) in [5.41, 5.74) is 1.67. The molecule has 0 saturated carbocycles. The fourth-order valence-electron chi connectivity index (χ4n) is 5.04. The van der Waals surface area contributed by atoms with Gasteiger partial charge in [-0.25, -0.2) is 0 Å². The number of nitrogens with zero attached hydrogens (tertiary/aromatic N) is 1. The van der Waals surface area contributed by atoms with Crippen molar-refractivity contribution in [1.82, 2.24) is 15.2 Å². The first-order valence-electron chi connectivity index (χ1n) is 10.00. The topological polar surface area (TPSA) is 74.4 Å². The van der Waals surface area contributed by atoms with Gasteiger partial charge in [-0.1, -0.05) is 30.4 Å². The standard InChI is InChI=1S/C22H25N3O3/c1-13(2)24-20(26)18-17-7-9-22(28-17)12-25(21(27)19(18)22)10-8-14-11-23-16-6-4-3-5-15(14)16/h3-7,9,11,13,17-19,23H,8,10,12H2,1-2H3,(H,24,26)/t17-,18+,19-,22-/m0/s1. The van der Waals surface area contributed by atoms with Crippen molar-refractivity contribution in [2.24, 2.45) is 11.8 Å². The maximum absolute atomic E-state index is 13.2. The number of H-pyrrole nitrogens is 1. The molecule has 3 aliphatic rings. The number of nitrogens with one attached hydrogen (secondary N) is 2. The highest BCUT2D eigenvalue weighted by molar-refractivity contribution is 5.93. The second kappa shape index (κ2) is 6.21. The Morgan fingerprint density at radius 2 is 2.21 bits per heavy atom. The van der Waals surface area contributed by atoms with Gasteiger partial charge in [0.05, 0.1) is 24.5 Å². The Kier molecular flexibility index (Phi) is 3.88. The number of ether oxygens (including phenoxy) is 1. The lowest BCUT2D eigenvalue weighted by Gasteiger charge is -2.24. The van der Waals surface area contributed by atoms with E-state index < -0.39 is 17.4 Å². The number of para-hydroxylation sites is 1. The largest absolute Gasteiger partial charge is 0.361 e. The third kappa shape index (κ3) is 2.51. The van der Waals surface area contributed by atoms with Crippen LogP contribution in [0, 0.1) is 11.8 Å². The lowest BCUT2D eigenvalue weighted by molar-refractivity contribution is -0.137. The van der Waals surface area contributed by atoms with E-state index in [0.29, 0.717) is 13.1 Å². The van der Waals surface area contributed by atoms with Crippen LogP contribution in [0.1, 0.15) is 19.4 Å². The normalized spacial score (nSPS) is 30.6. The molecular weight excluding hydrogens is 354 g/mol. The zero-order valence-corrected chi connectivity index (χ0v) is 16.1. The van der Waals surface area contributed by atoms with Gasteiger partial charge in [-0.15, -0.1) is 0 Å². The molecule has 2 bridgehead atoms. The second-order valence-electron chi connectivity index (χ2n) is 8.43. The molecule has 1 spiro atoms. The predicted molar refractivity (Wildman–Crippen MR) is 106 cm³/mol. The van der Waals surface area contributed by atoms with E-state index in [-0.39, 0.29) is 24.0 Å². The van der Waals surface area contributed by atoms with E-state index in [2.05, 4.69) is 22.4 Å². The molecule has 4 atom stereocenters. The summed E-state index contributed by atoms with van der Waals surface area (Å²) in [5.74, 6) is -0.888. The molecule has 4 heterocycles. The maximum atomic E-state index is 13.2. The molecule has 2 aromatic rings. The quantitative estimate of drug-likeness (QED) is 0.781. The van der Waals surface area contributed by atoms with Crippen LogP contribution in [0.25, 0.3) is 10.9 Å². The van der Waals surface area contributed by atoms with Crippen molar-refractivity contribution >= 4 is 22.7 Å². The van der Waals surface area contributed by atoms with Crippen LogP contribution in [0.2, 0.25) is 0 Å². The van der Waals surface area contributed by atoms with Crippen molar-refractivity contribution in [2.75, 3.05) is 13.1 Å². The van der Waals surface area contributed by atoms with Gasteiger partial charge < -0.3 is 19.9 Å². The number of fused-ring (bicyclic) bond motifs is 2. The van der Waals surface area contributed by atoms with Gasteiger partial charge in [-0.3, -0.25) is 9.59 Å². The number of aromatic amines is 1. The van der Waals surface area contributed by atoms with E-state index in [0.717, 1.165) is 11.9 Å². The van der Waals surface area contributed by atoms with Crippen molar-refractivity contribution in [1.29, 1.82) is 0 Å². The number of benzene rings is 1. The molecule has 2 N–H and O–H groups in total. The first-order valence-corrected chi connectivity index (χ1v) is 10.00. The van der Waals surface area contributed by atoms with E-state index in [4.69, 9.17) is 4.74 Å². The van der Waals surface area contributed by atoms with Crippen LogP contribution in [0.5, 0.6) is 0 Å². The minimum atomic E-state index is -0.638. The zero-order chi connectivity index (χ0) is 19.5. The molecule has 3 aliphatic heterocycles. The molecule has 1 aromatic carbocycles. The van der Waals surface area contributed by atoms with E-state index in [1.165, 1.54) is 10.9 Å². The monoisotopic (exact) mass is 379 g/mol. The molecule has 6 heteroatoms. The van der Waals surface area contributed by atoms with Gasteiger partial charge >= 0.3 is 0 Å². The molecule has 2 saturated heterocycles. The molecule has 2 amide bonds. The number of carbonyl (C=O) groups is 2. The van der Waals surface area contributed by atoms with E-state index in [9.17, 15) is 9.59 Å². The van der Waals surface area contributed by atoms with Crippen LogP contribution in [0.3, 0.4) is 0 Å². The number of likely N-dealkylation sites (tertiary alicyclic amines) is 1. The fourth-order valence-corrected chi connectivity index (χ4v) is 5.04. The number of hydrogen-bond donors (Lipinski definition) is 2. The minimum absolute atomic E-state index is 0.0376. The van der Waals surface area contributed by atoms with Crippen LogP contribution < -0.4 is 5.32 Å². The molecule has 0 aliphatic carbocycles. The summed E-state index contributed by atoms with van der Waals surface area (Å²) < 4.78 is 6.17. The summed E-state index contributed by atoms with van der Waals surface area (Å²) in [6, 6.07) is 8.23. The second-order valence-corrected chi connectivity index (χ2v) is 8.43. The van der Waals surface area contributed by atoms with Crippen molar-refractivity contribution in [3.8, 4) is 0 Å². The molecule has 5 rings (SSSR count). The van der Waals surface area contributed by atoms with Gasteiger partial charge in [0.2, 0.25) is 11.8 Å². The number of carbonyl (C=O) groups excluding carboxylic acids is 2. The van der Waals surface area contributed by atoms with Crippen molar-refractivity contribution in [2.45, 2.75) is 38.0 Å². The van der Waals surface area contributed by atoms with Crippen LogP contribution in [0.4, 0.5) is 0 Å². The summed E-state index contributed by atoms with van der Waals surface area (Å²) in [7, 11) is 0. The minimum Gasteiger partial charge on any atom is -0.361 e. The van der Waals surface area contributed by atoms with Crippen molar-refractivity contribution in [3.63, 3.8) is 0 Å². The Hall–Kier alpha value is -2.60. The smallest absolute Gasteiger partial charge is 0.230 e. The van der Waals surface area contributed by atoms with Crippen LogP contribution in [-0.4, -0.2) is 52.5 Å². The van der Waals surface area contributed by atoms with E-state index in [1.807, 2.05) is 49.2 Å². The summed E-state index contributed by atoms with van der Waals surface area (Å²) in [6.07, 6.45) is 6.46. The molecule has 146 valence electrons. The molecule has 1 aromatic heterocycles. The Bertz CT molecular complexity index is 978. The molecule has 0 radical (unpaired) electrons. The van der Waals surface area contributed by atoms with Gasteiger partial charge in [0, 0.05) is 29.7 Å². The Morgan fingerprint density at radius 3 is 3.04 bits per heavy atom. The van der Waals surface area contributed by atoms with Gasteiger partial charge in [0.25, 0.3) is 0 Å². The molecule has 6 nitrogen and oxygen atoms in total. The molecule has 28 heavy (non-hydrogen) atoms. The summed E-state index contributed by atoms with van der Waals surface area (Å²) >= 11 is 0. The van der Waals surface area contributed by atoms with E-state index in [1.54, 1.807) is 0 Å². The third-order valence-electron chi connectivity index (χ3n) is 6.24. The van der Waals surface area contributed by atoms with Crippen molar-refractivity contribution in [3.05, 3.63) is 48.2 Å². The Labute approximate surface area is 163 Å². The number of amides is 2. The van der Waals surface area contributed by atoms with E-state index >= 15 is 0 Å². The highest BCUT2D eigenvalue weighted by atomic mass is 16.5. The average Bonchev–Trinajstić information content (AvgIpc) is 3.39. The van der Waals surface area contributed by atoms with Gasteiger partial charge in [0.15, 0.2) is 0 Å². The predicted octanol–water partition coefficient (Wildman–Crippen LogP) is 2.02. The van der Waals surface area contributed by atoms with Crippen LogP contribution in [0.15, 0.2) is 42.6 Å². The highest BCUT2D eigenvalue weighted by Gasteiger charge is 2.66. The van der Waals surface area contributed by atoms with Crippen LogP contribution in [-0.2, 0) is 20.7 Å².